The Balaban J connectivity index is 2.25. The number of benzene rings is 1. The SMILES string of the molecule is CC(=O)N(C)C(c1ccc(F)cc1)C1CC1. The molecule has 2 nitrogen and oxygen atoms in total. The second-order valence-electron chi connectivity index (χ2n) is 4.46. The first-order valence-electron chi connectivity index (χ1n) is 5.58. The molecule has 0 bridgehead atoms. The van der Waals surface area contributed by atoms with E-state index < -0.39 is 0 Å². The maximum Gasteiger partial charge on any atom is 0.219 e. The van der Waals surface area contributed by atoms with Crippen molar-refractivity contribution in [2.24, 2.45) is 5.92 Å². The summed E-state index contributed by atoms with van der Waals surface area (Å²) in [6.45, 7) is 1.57. The Kier molecular flexibility index (Phi) is 2.95. The molecule has 1 amide bonds. The van der Waals surface area contributed by atoms with Gasteiger partial charge in [0.2, 0.25) is 5.91 Å². The van der Waals surface area contributed by atoms with Gasteiger partial charge in [-0.25, -0.2) is 4.39 Å². The zero-order chi connectivity index (χ0) is 11.7. The summed E-state index contributed by atoms with van der Waals surface area (Å²) in [7, 11) is 1.81. The van der Waals surface area contributed by atoms with E-state index in [4.69, 9.17) is 0 Å². The topological polar surface area (TPSA) is 20.3 Å². The van der Waals surface area contributed by atoms with Gasteiger partial charge < -0.3 is 4.90 Å². The van der Waals surface area contributed by atoms with Crippen molar-refractivity contribution in [1.29, 1.82) is 0 Å². The van der Waals surface area contributed by atoms with Gasteiger partial charge in [-0.2, -0.15) is 0 Å². The van der Waals surface area contributed by atoms with Gasteiger partial charge in [0.15, 0.2) is 0 Å². The summed E-state index contributed by atoms with van der Waals surface area (Å²) in [4.78, 5) is 13.2. The third-order valence-electron chi connectivity index (χ3n) is 3.19. The number of rotatable bonds is 3. The second-order valence-corrected chi connectivity index (χ2v) is 4.46. The van der Waals surface area contributed by atoms with Crippen LogP contribution in [0.5, 0.6) is 0 Å². The van der Waals surface area contributed by atoms with E-state index in [-0.39, 0.29) is 17.8 Å². The number of carbonyl (C=O) groups is 1. The minimum Gasteiger partial charge on any atom is -0.339 e. The zero-order valence-corrected chi connectivity index (χ0v) is 9.61. The van der Waals surface area contributed by atoms with Gasteiger partial charge in [-0.3, -0.25) is 4.79 Å². The third kappa shape index (κ3) is 2.23. The Labute approximate surface area is 95.1 Å². The minimum atomic E-state index is -0.233. The molecule has 1 aromatic rings. The van der Waals surface area contributed by atoms with E-state index in [0.29, 0.717) is 5.92 Å². The van der Waals surface area contributed by atoms with E-state index in [1.165, 1.54) is 12.1 Å². The first-order valence-corrected chi connectivity index (χ1v) is 5.58. The van der Waals surface area contributed by atoms with Crippen molar-refractivity contribution in [2.75, 3.05) is 7.05 Å². The highest BCUT2D eigenvalue weighted by Gasteiger charge is 2.35. The summed E-state index contributed by atoms with van der Waals surface area (Å²) in [5.74, 6) is 0.365. The van der Waals surface area contributed by atoms with Crippen LogP contribution in [0.25, 0.3) is 0 Å². The molecule has 0 saturated heterocycles. The molecule has 1 aromatic carbocycles. The molecule has 3 heteroatoms. The number of nitrogens with zero attached hydrogens (tertiary/aromatic N) is 1. The Morgan fingerprint density at radius 2 is 1.94 bits per heavy atom. The van der Waals surface area contributed by atoms with Crippen molar-refractivity contribution >= 4 is 5.91 Å². The summed E-state index contributed by atoms with van der Waals surface area (Å²) in [6.07, 6.45) is 2.30. The lowest BCUT2D eigenvalue weighted by Gasteiger charge is -2.27. The van der Waals surface area contributed by atoms with Crippen LogP contribution in [0, 0.1) is 11.7 Å². The number of hydrogen-bond acceptors (Lipinski definition) is 1. The molecule has 0 heterocycles. The summed E-state index contributed by atoms with van der Waals surface area (Å²) in [5.41, 5.74) is 1.03. The number of carbonyl (C=O) groups excluding carboxylic acids is 1. The van der Waals surface area contributed by atoms with Crippen LogP contribution >= 0.6 is 0 Å². The Hall–Kier alpha value is -1.38. The van der Waals surface area contributed by atoms with Crippen molar-refractivity contribution in [3.63, 3.8) is 0 Å². The summed E-state index contributed by atoms with van der Waals surface area (Å²) in [6, 6.07) is 6.57. The molecule has 16 heavy (non-hydrogen) atoms. The van der Waals surface area contributed by atoms with Crippen LogP contribution in [-0.2, 0) is 4.79 Å². The van der Waals surface area contributed by atoms with E-state index in [1.807, 2.05) is 7.05 Å². The molecule has 86 valence electrons. The van der Waals surface area contributed by atoms with E-state index in [9.17, 15) is 9.18 Å². The van der Waals surface area contributed by atoms with Gasteiger partial charge in [-0.15, -0.1) is 0 Å². The van der Waals surface area contributed by atoms with Crippen molar-refractivity contribution in [3.8, 4) is 0 Å². The van der Waals surface area contributed by atoms with Crippen LogP contribution in [0.2, 0.25) is 0 Å². The van der Waals surface area contributed by atoms with Gasteiger partial charge in [0.1, 0.15) is 5.82 Å². The average molecular weight is 221 g/mol. The highest BCUT2D eigenvalue weighted by atomic mass is 19.1. The predicted molar refractivity (Wildman–Crippen MR) is 60.3 cm³/mol. The van der Waals surface area contributed by atoms with Gasteiger partial charge in [0.25, 0.3) is 0 Å². The smallest absolute Gasteiger partial charge is 0.219 e. The Bertz CT molecular complexity index is 383. The number of halogens is 1. The fraction of sp³-hybridized carbons (Fsp3) is 0.462. The van der Waals surface area contributed by atoms with E-state index in [2.05, 4.69) is 0 Å². The Morgan fingerprint density at radius 1 is 1.38 bits per heavy atom. The van der Waals surface area contributed by atoms with E-state index >= 15 is 0 Å². The Morgan fingerprint density at radius 3 is 2.38 bits per heavy atom. The molecule has 2 rings (SSSR count). The van der Waals surface area contributed by atoms with E-state index in [1.54, 1.807) is 24.0 Å². The molecule has 0 spiro atoms. The van der Waals surface area contributed by atoms with Gasteiger partial charge in [-0.1, -0.05) is 12.1 Å². The lowest BCUT2D eigenvalue weighted by atomic mass is 10.0. The minimum absolute atomic E-state index is 0.0567. The average Bonchev–Trinajstić information content (AvgIpc) is 3.05. The quantitative estimate of drug-likeness (QED) is 0.768. The lowest BCUT2D eigenvalue weighted by Crippen LogP contribution is -2.30. The van der Waals surface area contributed by atoms with Crippen LogP contribution < -0.4 is 0 Å². The maximum atomic E-state index is 12.8. The first-order chi connectivity index (χ1) is 7.59. The molecule has 1 atom stereocenters. The molecule has 1 fully saturated rings. The van der Waals surface area contributed by atoms with Crippen LogP contribution in [0.15, 0.2) is 24.3 Å². The molecule has 1 aliphatic carbocycles. The second kappa shape index (κ2) is 4.24. The molecule has 0 aliphatic heterocycles. The monoisotopic (exact) mass is 221 g/mol. The fourth-order valence-electron chi connectivity index (χ4n) is 2.08. The number of amides is 1. The first kappa shape index (κ1) is 11.1. The molecular weight excluding hydrogens is 205 g/mol. The van der Waals surface area contributed by atoms with Crippen LogP contribution in [0.1, 0.15) is 31.4 Å². The van der Waals surface area contributed by atoms with Crippen LogP contribution in [0.3, 0.4) is 0 Å². The highest BCUT2D eigenvalue weighted by molar-refractivity contribution is 5.73. The fourth-order valence-corrected chi connectivity index (χ4v) is 2.08. The summed E-state index contributed by atoms with van der Waals surface area (Å²) in [5, 5.41) is 0. The van der Waals surface area contributed by atoms with E-state index in [0.717, 1.165) is 18.4 Å². The largest absolute Gasteiger partial charge is 0.339 e. The maximum absolute atomic E-state index is 12.8. The van der Waals surface area contributed by atoms with Crippen molar-refractivity contribution in [1.82, 2.24) is 4.90 Å². The van der Waals surface area contributed by atoms with Crippen molar-refractivity contribution < 1.29 is 9.18 Å². The van der Waals surface area contributed by atoms with Crippen molar-refractivity contribution in [3.05, 3.63) is 35.6 Å². The molecule has 0 radical (unpaired) electrons. The molecular formula is C13H16FNO. The highest BCUT2D eigenvalue weighted by Crippen LogP contribution is 2.44. The normalized spacial score (nSPS) is 16.9. The predicted octanol–water partition coefficient (Wildman–Crippen LogP) is 2.76. The van der Waals surface area contributed by atoms with Crippen LogP contribution in [-0.4, -0.2) is 17.9 Å². The van der Waals surface area contributed by atoms with Crippen molar-refractivity contribution in [2.45, 2.75) is 25.8 Å². The van der Waals surface area contributed by atoms with Gasteiger partial charge in [0, 0.05) is 14.0 Å². The molecule has 1 saturated carbocycles. The lowest BCUT2D eigenvalue weighted by molar-refractivity contribution is -0.130. The standard InChI is InChI=1S/C13H16FNO/c1-9(16)15(2)13(10-3-4-10)11-5-7-12(14)8-6-11/h5-8,10,13H,3-4H2,1-2H3. The molecule has 1 aliphatic rings. The van der Waals surface area contributed by atoms with Gasteiger partial charge in [-0.05, 0) is 36.5 Å². The summed E-state index contributed by atoms with van der Waals surface area (Å²) < 4.78 is 12.8. The number of hydrogen-bond donors (Lipinski definition) is 0. The third-order valence-corrected chi connectivity index (χ3v) is 3.19. The molecule has 0 aromatic heterocycles. The van der Waals surface area contributed by atoms with Gasteiger partial charge in [0.05, 0.1) is 6.04 Å². The zero-order valence-electron chi connectivity index (χ0n) is 9.61. The van der Waals surface area contributed by atoms with Crippen LogP contribution in [0.4, 0.5) is 4.39 Å². The van der Waals surface area contributed by atoms with Gasteiger partial charge >= 0.3 is 0 Å². The summed E-state index contributed by atoms with van der Waals surface area (Å²) >= 11 is 0. The molecule has 1 unspecified atom stereocenters. The molecule has 0 N–H and O–H groups in total.